The van der Waals surface area contributed by atoms with Crippen molar-refractivity contribution >= 4 is 21.7 Å². The van der Waals surface area contributed by atoms with E-state index in [0.717, 1.165) is 29.5 Å². The molecule has 0 saturated heterocycles. The van der Waals surface area contributed by atoms with Crippen LogP contribution in [0.4, 0.5) is 4.39 Å². The summed E-state index contributed by atoms with van der Waals surface area (Å²) < 4.78 is 19.5. The molecule has 0 aromatic heterocycles. The van der Waals surface area contributed by atoms with Gasteiger partial charge in [-0.15, -0.1) is 0 Å². The first-order chi connectivity index (χ1) is 10.1. The van der Waals surface area contributed by atoms with Crippen molar-refractivity contribution in [2.75, 3.05) is 0 Å². The van der Waals surface area contributed by atoms with Gasteiger partial charge in [0.2, 0.25) is 0 Å². The Morgan fingerprint density at radius 3 is 2.90 bits per heavy atom. The van der Waals surface area contributed by atoms with Crippen molar-refractivity contribution in [2.45, 2.75) is 25.9 Å². The number of benzene rings is 2. The Labute approximate surface area is 131 Å². The monoisotopic (exact) mass is 348 g/mol. The summed E-state index contributed by atoms with van der Waals surface area (Å²) in [4.78, 5) is 11.9. The molecule has 0 bridgehead atoms. The Morgan fingerprint density at radius 1 is 1.19 bits per heavy atom. The number of hydrogen-bond acceptors (Lipinski definition) is 2. The fourth-order valence-electron chi connectivity index (χ4n) is 2.52. The average Bonchev–Trinajstić information content (AvgIpc) is 2.49. The smallest absolute Gasteiger partial charge is 0.163 e. The Morgan fingerprint density at radius 2 is 2.05 bits per heavy atom. The minimum atomic E-state index is -0.309. The van der Waals surface area contributed by atoms with Gasteiger partial charge in [0.1, 0.15) is 18.2 Å². The van der Waals surface area contributed by atoms with Crippen LogP contribution in [0.3, 0.4) is 0 Å². The quantitative estimate of drug-likeness (QED) is 0.804. The summed E-state index contributed by atoms with van der Waals surface area (Å²) in [7, 11) is 0. The molecule has 0 radical (unpaired) electrons. The molecule has 1 aliphatic carbocycles. The molecule has 0 aliphatic heterocycles. The lowest BCUT2D eigenvalue weighted by Gasteiger charge is -2.16. The summed E-state index contributed by atoms with van der Waals surface area (Å²) in [5.74, 6) is 0.505. The van der Waals surface area contributed by atoms with Crippen LogP contribution in [0.25, 0.3) is 0 Å². The molecule has 0 unspecified atom stereocenters. The molecule has 108 valence electrons. The van der Waals surface area contributed by atoms with Crippen LogP contribution in [0, 0.1) is 5.82 Å². The summed E-state index contributed by atoms with van der Waals surface area (Å²) in [6.45, 7) is 0.255. The molecule has 0 saturated carbocycles. The van der Waals surface area contributed by atoms with Crippen LogP contribution in [0.2, 0.25) is 0 Å². The first-order valence-electron chi connectivity index (χ1n) is 6.87. The van der Waals surface area contributed by atoms with E-state index in [1.54, 1.807) is 18.2 Å². The SMILES string of the molecule is O=C1CCCc2ccc(OCc3cccc(F)c3Br)cc21. The summed E-state index contributed by atoms with van der Waals surface area (Å²) in [6.07, 6.45) is 2.46. The van der Waals surface area contributed by atoms with Crippen LogP contribution >= 0.6 is 15.9 Å². The highest BCUT2D eigenvalue weighted by molar-refractivity contribution is 9.10. The number of ether oxygens (including phenoxy) is 1. The number of ketones is 1. The Balaban J connectivity index is 1.78. The molecular weight excluding hydrogens is 335 g/mol. The molecule has 4 heteroatoms. The number of aryl methyl sites for hydroxylation is 1. The maximum atomic E-state index is 13.4. The normalized spacial score (nSPS) is 13.9. The first-order valence-corrected chi connectivity index (χ1v) is 7.66. The fourth-order valence-corrected chi connectivity index (χ4v) is 2.90. The number of carbonyl (C=O) groups is 1. The lowest BCUT2D eigenvalue weighted by molar-refractivity contribution is 0.0972. The van der Waals surface area contributed by atoms with E-state index in [1.165, 1.54) is 6.07 Å². The maximum Gasteiger partial charge on any atom is 0.163 e. The van der Waals surface area contributed by atoms with Crippen molar-refractivity contribution in [1.29, 1.82) is 0 Å². The van der Waals surface area contributed by atoms with E-state index >= 15 is 0 Å². The van der Waals surface area contributed by atoms with Crippen LogP contribution in [0.1, 0.15) is 34.3 Å². The fraction of sp³-hybridized carbons (Fsp3) is 0.235. The van der Waals surface area contributed by atoms with Gasteiger partial charge in [0.05, 0.1) is 4.47 Å². The third-order valence-corrected chi connectivity index (χ3v) is 4.55. The van der Waals surface area contributed by atoms with Crippen LogP contribution in [0.5, 0.6) is 5.75 Å². The molecule has 0 spiro atoms. The van der Waals surface area contributed by atoms with Gasteiger partial charge in [-0.25, -0.2) is 4.39 Å². The van der Waals surface area contributed by atoms with Crippen molar-refractivity contribution in [3.8, 4) is 5.75 Å². The predicted octanol–water partition coefficient (Wildman–Crippen LogP) is 4.69. The van der Waals surface area contributed by atoms with Gasteiger partial charge in [0.15, 0.2) is 5.78 Å². The van der Waals surface area contributed by atoms with Gasteiger partial charge >= 0.3 is 0 Å². The standard InChI is InChI=1S/C17H14BrFO2/c18-17-12(4-1-5-15(17)19)10-21-13-8-7-11-3-2-6-16(20)14(11)9-13/h1,4-5,7-9H,2-3,6,10H2. The van der Waals surface area contributed by atoms with E-state index in [0.29, 0.717) is 16.6 Å². The molecule has 0 fully saturated rings. The molecule has 0 amide bonds. The summed E-state index contributed by atoms with van der Waals surface area (Å²) in [5, 5.41) is 0. The second-order valence-electron chi connectivity index (χ2n) is 5.10. The third-order valence-electron chi connectivity index (χ3n) is 3.66. The van der Waals surface area contributed by atoms with Gasteiger partial charge in [0, 0.05) is 17.5 Å². The molecule has 0 N–H and O–H groups in total. The topological polar surface area (TPSA) is 26.3 Å². The van der Waals surface area contributed by atoms with Crippen LogP contribution < -0.4 is 4.74 Å². The van der Waals surface area contributed by atoms with E-state index in [9.17, 15) is 9.18 Å². The van der Waals surface area contributed by atoms with Gasteiger partial charge in [-0.3, -0.25) is 4.79 Å². The van der Waals surface area contributed by atoms with E-state index < -0.39 is 0 Å². The minimum Gasteiger partial charge on any atom is -0.489 e. The lowest BCUT2D eigenvalue weighted by Crippen LogP contribution is -2.10. The number of rotatable bonds is 3. The number of carbonyl (C=O) groups excluding carboxylic acids is 1. The van der Waals surface area contributed by atoms with Crippen molar-refractivity contribution in [3.63, 3.8) is 0 Å². The number of halogens is 2. The number of hydrogen-bond donors (Lipinski definition) is 0. The second-order valence-corrected chi connectivity index (χ2v) is 5.89. The molecule has 2 nitrogen and oxygen atoms in total. The third kappa shape index (κ3) is 3.00. The highest BCUT2D eigenvalue weighted by atomic mass is 79.9. The zero-order valence-electron chi connectivity index (χ0n) is 11.4. The Bertz CT molecular complexity index is 697. The first kappa shape index (κ1) is 14.3. The lowest BCUT2D eigenvalue weighted by atomic mass is 9.90. The van der Waals surface area contributed by atoms with Crippen LogP contribution in [-0.2, 0) is 13.0 Å². The van der Waals surface area contributed by atoms with Gasteiger partial charge in [-0.05, 0) is 52.5 Å². The molecule has 21 heavy (non-hydrogen) atoms. The Kier molecular flexibility index (Phi) is 4.06. The summed E-state index contributed by atoms with van der Waals surface area (Å²) in [5.41, 5.74) is 2.58. The molecule has 2 aromatic rings. The van der Waals surface area contributed by atoms with E-state index in [2.05, 4.69) is 15.9 Å². The van der Waals surface area contributed by atoms with Gasteiger partial charge in [-0.1, -0.05) is 18.2 Å². The second kappa shape index (κ2) is 5.98. The van der Waals surface area contributed by atoms with Crippen molar-refractivity contribution in [2.24, 2.45) is 0 Å². The van der Waals surface area contributed by atoms with Crippen molar-refractivity contribution in [1.82, 2.24) is 0 Å². The summed E-state index contributed by atoms with van der Waals surface area (Å²) >= 11 is 3.21. The molecule has 0 atom stereocenters. The van der Waals surface area contributed by atoms with Gasteiger partial charge in [0.25, 0.3) is 0 Å². The highest BCUT2D eigenvalue weighted by Crippen LogP contribution is 2.27. The van der Waals surface area contributed by atoms with E-state index in [-0.39, 0.29) is 18.2 Å². The zero-order chi connectivity index (χ0) is 14.8. The average molecular weight is 349 g/mol. The van der Waals surface area contributed by atoms with Gasteiger partial charge < -0.3 is 4.74 Å². The maximum absolute atomic E-state index is 13.4. The predicted molar refractivity (Wildman–Crippen MR) is 82.1 cm³/mol. The molecule has 3 rings (SSSR count). The van der Waals surface area contributed by atoms with Crippen LogP contribution in [0.15, 0.2) is 40.9 Å². The van der Waals surface area contributed by atoms with Crippen molar-refractivity contribution < 1.29 is 13.9 Å². The van der Waals surface area contributed by atoms with E-state index in [4.69, 9.17) is 4.74 Å². The minimum absolute atomic E-state index is 0.175. The molecule has 1 aliphatic rings. The molecule has 0 heterocycles. The Hall–Kier alpha value is -1.68. The summed E-state index contributed by atoms with van der Waals surface area (Å²) in [6, 6.07) is 10.5. The van der Waals surface area contributed by atoms with E-state index in [1.807, 2.05) is 12.1 Å². The van der Waals surface area contributed by atoms with Crippen molar-refractivity contribution in [3.05, 3.63) is 63.4 Å². The number of fused-ring (bicyclic) bond motifs is 1. The largest absolute Gasteiger partial charge is 0.489 e. The number of Topliss-reactive ketones (excluding diaryl/α,β-unsaturated/α-hetero) is 1. The zero-order valence-corrected chi connectivity index (χ0v) is 13.0. The van der Waals surface area contributed by atoms with Crippen LogP contribution in [-0.4, -0.2) is 5.78 Å². The van der Waals surface area contributed by atoms with Gasteiger partial charge in [-0.2, -0.15) is 0 Å². The highest BCUT2D eigenvalue weighted by Gasteiger charge is 2.17. The molecular formula is C17H14BrFO2. The molecule has 2 aromatic carbocycles.